The molecule has 0 aromatic heterocycles. The Morgan fingerprint density at radius 1 is 1.50 bits per heavy atom. The van der Waals surface area contributed by atoms with Gasteiger partial charge in [-0.25, -0.2) is 0 Å². The minimum Gasteiger partial charge on any atom is -0.504 e. The van der Waals surface area contributed by atoms with E-state index >= 15 is 0 Å². The van der Waals surface area contributed by atoms with E-state index in [0.717, 1.165) is 18.4 Å². The Kier molecular flexibility index (Phi) is 3.77. The maximum absolute atomic E-state index is 9.53. The van der Waals surface area contributed by atoms with Crippen molar-refractivity contribution in [1.82, 2.24) is 0 Å². The van der Waals surface area contributed by atoms with E-state index in [-0.39, 0.29) is 11.8 Å². The van der Waals surface area contributed by atoms with Crippen molar-refractivity contribution in [1.29, 1.82) is 0 Å². The molecule has 3 heteroatoms. The summed E-state index contributed by atoms with van der Waals surface area (Å²) in [5.74, 6) is 0.633. The number of rotatable bonds is 4. The van der Waals surface area contributed by atoms with Crippen molar-refractivity contribution < 1.29 is 9.84 Å². The van der Waals surface area contributed by atoms with Gasteiger partial charge in [-0.2, -0.15) is 0 Å². The summed E-state index contributed by atoms with van der Waals surface area (Å²) < 4.78 is 4.95. The van der Waals surface area contributed by atoms with Crippen LogP contribution in [0, 0.1) is 0 Å². The molecule has 0 spiro atoms. The van der Waals surface area contributed by atoms with Crippen molar-refractivity contribution >= 4 is 0 Å². The zero-order valence-corrected chi connectivity index (χ0v) is 8.66. The quantitative estimate of drug-likeness (QED) is 0.774. The highest BCUT2D eigenvalue weighted by molar-refractivity contribution is 5.42. The standard InChI is InChI=1S/C11H17NO2/c1-3-4-9(12)8-5-6-11(14-2)10(13)7-8/h5-7,9,13H,3-4,12H2,1-2H3/t9-/m0/s1. The fourth-order valence-electron chi connectivity index (χ4n) is 1.42. The van der Waals surface area contributed by atoms with Crippen LogP contribution in [0.15, 0.2) is 18.2 Å². The maximum atomic E-state index is 9.53. The van der Waals surface area contributed by atoms with Crippen molar-refractivity contribution in [3.63, 3.8) is 0 Å². The Hall–Kier alpha value is -1.22. The van der Waals surface area contributed by atoms with Gasteiger partial charge < -0.3 is 15.6 Å². The summed E-state index contributed by atoms with van der Waals surface area (Å²) in [6.45, 7) is 2.09. The molecule has 3 N–H and O–H groups in total. The van der Waals surface area contributed by atoms with Gasteiger partial charge in [0.05, 0.1) is 7.11 Å². The van der Waals surface area contributed by atoms with Crippen LogP contribution in [0.2, 0.25) is 0 Å². The van der Waals surface area contributed by atoms with Gasteiger partial charge in [-0.3, -0.25) is 0 Å². The van der Waals surface area contributed by atoms with Crippen molar-refractivity contribution in [2.45, 2.75) is 25.8 Å². The molecule has 1 atom stereocenters. The first kappa shape index (κ1) is 10.9. The van der Waals surface area contributed by atoms with Gasteiger partial charge in [0.2, 0.25) is 0 Å². The summed E-state index contributed by atoms with van der Waals surface area (Å²) in [5.41, 5.74) is 6.86. The van der Waals surface area contributed by atoms with Crippen LogP contribution in [0.4, 0.5) is 0 Å². The fraction of sp³-hybridized carbons (Fsp3) is 0.455. The van der Waals surface area contributed by atoms with E-state index in [1.807, 2.05) is 6.07 Å². The largest absolute Gasteiger partial charge is 0.504 e. The summed E-state index contributed by atoms with van der Waals surface area (Å²) in [6.07, 6.45) is 1.96. The van der Waals surface area contributed by atoms with Crippen LogP contribution < -0.4 is 10.5 Å². The van der Waals surface area contributed by atoms with Gasteiger partial charge in [-0.15, -0.1) is 0 Å². The third kappa shape index (κ3) is 2.39. The molecule has 1 aromatic rings. The molecule has 1 rings (SSSR count). The predicted octanol–water partition coefficient (Wildman–Crippen LogP) is 2.20. The lowest BCUT2D eigenvalue weighted by molar-refractivity contribution is 0.372. The summed E-state index contributed by atoms with van der Waals surface area (Å²) >= 11 is 0. The Morgan fingerprint density at radius 3 is 2.71 bits per heavy atom. The minimum absolute atomic E-state index is 0.00296. The second-order valence-corrected chi connectivity index (χ2v) is 3.33. The molecule has 0 unspecified atom stereocenters. The first-order valence-corrected chi connectivity index (χ1v) is 4.81. The predicted molar refractivity (Wildman–Crippen MR) is 56.5 cm³/mol. The van der Waals surface area contributed by atoms with Crippen LogP contribution in [-0.2, 0) is 0 Å². The zero-order valence-electron chi connectivity index (χ0n) is 8.66. The first-order chi connectivity index (χ1) is 6.69. The first-order valence-electron chi connectivity index (χ1n) is 4.81. The number of nitrogens with two attached hydrogens (primary N) is 1. The Bertz CT molecular complexity index is 299. The van der Waals surface area contributed by atoms with E-state index in [1.165, 1.54) is 7.11 Å². The minimum atomic E-state index is -0.00296. The van der Waals surface area contributed by atoms with Crippen molar-refractivity contribution in [2.75, 3.05) is 7.11 Å². The third-order valence-corrected chi connectivity index (χ3v) is 2.23. The molecule has 1 aromatic carbocycles. The van der Waals surface area contributed by atoms with Gasteiger partial charge in [0.1, 0.15) is 0 Å². The zero-order chi connectivity index (χ0) is 10.6. The molecule has 78 valence electrons. The lowest BCUT2D eigenvalue weighted by atomic mass is 10.0. The highest BCUT2D eigenvalue weighted by Crippen LogP contribution is 2.29. The molecule has 0 radical (unpaired) electrons. The van der Waals surface area contributed by atoms with Crippen molar-refractivity contribution in [3.8, 4) is 11.5 Å². The number of hydrogen-bond donors (Lipinski definition) is 2. The number of ether oxygens (including phenoxy) is 1. The molecule has 14 heavy (non-hydrogen) atoms. The van der Waals surface area contributed by atoms with Crippen LogP contribution >= 0.6 is 0 Å². The van der Waals surface area contributed by atoms with Gasteiger partial charge in [-0.05, 0) is 24.1 Å². The summed E-state index contributed by atoms with van der Waals surface area (Å²) in [4.78, 5) is 0. The Balaban J connectivity index is 2.85. The number of phenols is 1. The van der Waals surface area contributed by atoms with Crippen LogP contribution in [0.25, 0.3) is 0 Å². The Morgan fingerprint density at radius 2 is 2.21 bits per heavy atom. The van der Waals surface area contributed by atoms with E-state index < -0.39 is 0 Å². The third-order valence-electron chi connectivity index (χ3n) is 2.23. The molecule has 0 fully saturated rings. The van der Waals surface area contributed by atoms with Gasteiger partial charge in [0.25, 0.3) is 0 Å². The lowest BCUT2D eigenvalue weighted by Crippen LogP contribution is -2.09. The van der Waals surface area contributed by atoms with Gasteiger partial charge in [0.15, 0.2) is 11.5 Å². The van der Waals surface area contributed by atoms with Gasteiger partial charge in [0, 0.05) is 6.04 Å². The van der Waals surface area contributed by atoms with E-state index in [4.69, 9.17) is 10.5 Å². The molecule has 0 saturated heterocycles. The van der Waals surface area contributed by atoms with Crippen LogP contribution in [0.5, 0.6) is 11.5 Å². The molecular formula is C11H17NO2. The van der Waals surface area contributed by atoms with Crippen LogP contribution in [-0.4, -0.2) is 12.2 Å². The van der Waals surface area contributed by atoms with Gasteiger partial charge in [-0.1, -0.05) is 19.4 Å². The van der Waals surface area contributed by atoms with Gasteiger partial charge >= 0.3 is 0 Å². The Labute approximate surface area is 84.5 Å². The number of phenolic OH excluding ortho intramolecular Hbond substituents is 1. The van der Waals surface area contributed by atoms with E-state index in [2.05, 4.69) is 6.92 Å². The average Bonchev–Trinajstić information content (AvgIpc) is 2.18. The van der Waals surface area contributed by atoms with E-state index in [0.29, 0.717) is 5.75 Å². The second kappa shape index (κ2) is 4.86. The second-order valence-electron chi connectivity index (χ2n) is 3.33. The van der Waals surface area contributed by atoms with Crippen LogP contribution in [0.3, 0.4) is 0 Å². The number of methoxy groups -OCH3 is 1. The summed E-state index contributed by atoms with van der Waals surface area (Å²) in [6, 6.07) is 5.29. The summed E-state index contributed by atoms with van der Waals surface area (Å²) in [5, 5.41) is 9.53. The SMILES string of the molecule is CCC[C@H](N)c1ccc(OC)c(O)c1. The monoisotopic (exact) mass is 195 g/mol. The molecule has 3 nitrogen and oxygen atoms in total. The van der Waals surface area contributed by atoms with Crippen molar-refractivity contribution in [2.24, 2.45) is 5.73 Å². The molecule has 0 aliphatic rings. The molecular weight excluding hydrogens is 178 g/mol. The normalized spacial score (nSPS) is 12.5. The highest BCUT2D eigenvalue weighted by Gasteiger charge is 2.08. The molecule has 0 aliphatic heterocycles. The molecule has 0 amide bonds. The molecule has 0 saturated carbocycles. The van der Waals surface area contributed by atoms with E-state index in [1.54, 1.807) is 12.1 Å². The topological polar surface area (TPSA) is 55.5 Å². The number of hydrogen-bond acceptors (Lipinski definition) is 3. The molecule has 0 bridgehead atoms. The molecule has 0 aliphatic carbocycles. The smallest absolute Gasteiger partial charge is 0.160 e. The van der Waals surface area contributed by atoms with Crippen molar-refractivity contribution in [3.05, 3.63) is 23.8 Å². The van der Waals surface area contributed by atoms with Crippen LogP contribution in [0.1, 0.15) is 31.4 Å². The number of aromatic hydroxyl groups is 1. The van der Waals surface area contributed by atoms with E-state index in [9.17, 15) is 5.11 Å². The fourth-order valence-corrected chi connectivity index (χ4v) is 1.42. The highest BCUT2D eigenvalue weighted by atomic mass is 16.5. The maximum Gasteiger partial charge on any atom is 0.160 e. The lowest BCUT2D eigenvalue weighted by Gasteiger charge is -2.12. The molecule has 0 heterocycles. The summed E-state index contributed by atoms with van der Waals surface area (Å²) in [7, 11) is 1.53. The number of benzene rings is 1. The average molecular weight is 195 g/mol.